The zero-order valence-corrected chi connectivity index (χ0v) is 17.1. The molecule has 1 saturated heterocycles. The molecule has 32 heavy (non-hydrogen) atoms. The van der Waals surface area contributed by atoms with Gasteiger partial charge in [0.2, 0.25) is 0 Å². The molecule has 3 aromatic rings. The molecular weight excluding hydrogens is 421 g/mol. The second-order valence-electron chi connectivity index (χ2n) is 7.43. The van der Waals surface area contributed by atoms with E-state index in [1.807, 2.05) is 6.07 Å². The smallest absolute Gasteiger partial charge is 0.397 e. The SMILES string of the molecule is Nc1ccc(-c2cccc(C(F)(F)F)n2)nc1C(=O)Nc1cnccc1N1CCCCC1. The van der Waals surface area contributed by atoms with Gasteiger partial charge in [0, 0.05) is 19.3 Å². The van der Waals surface area contributed by atoms with Crippen molar-refractivity contribution < 1.29 is 18.0 Å². The fraction of sp³-hybridized carbons (Fsp3) is 0.273. The Hall–Kier alpha value is -3.69. The number of nitrogens with zero attached hydrogens (tertiary/aromatic N) is 4. The van der Waals surface area contributed by atoms with Crippen molar-refractivity contribution in [1.29, 1.82) is 0 Å². The van der Waals surface area contributed by atoms with Crippen LogP contribution in [0.5, 0.6) is 0 Å². The van der Waals surface area contributed by atoms with Crippen LogP contribution in [0.1, 0.15) is 35.4 Å². The van der Waals surface area contributed by atoms with E-state index in [4.69, 9.17) is 5.73 Å². The van der Waals surface area contributed by atoms with E-state index in [2.05, 4.69) is 25.2 Å². The van der Waals surface area contributed by atoms with Crippen molar-refractivity contribution in [2.75, 3.05) is 29.0 Å². The predicted octanol–water partition coefficient (Wildman–Crippen LogP) is 4.38. The Kier molecular flexibility index (Phi) is 5.93. The molecule has 4 heterocycles. The van der Waals surface area contributed by atoms with Crippen LogP contribution in [-0.2, 0) is 6.18 Å². The monoisotopic (exact) mass is 442 g/mol. The summed E-state index contributed by atoms with van der Waals surface area (Å²) in [5.74, 6) is -0.581. The topological polar surface area (TPSA) is 97.0 Å². The number of nitrogens with two attached hydrogens (primary N) is 1. The molecule has 166 valence electrons. The number of halogens is 3. The first-order chi connectivity index (χ1) is 15.3. The molecular formula is C22H21F3N6O. The first-order valence-corrected chi connectivity index (χ1v) is 10.1. The number of hydrogen-bond acceptors (Lipinski definition) is 6. The van der Waals surface area contributed by atoms with Gasteiger partial charge < -0.3 is 16.0 Å². The van der Waals surface area contributed by atoms with Crippen molar-refractivity contribution in [1.82, 2.24) is 15.0 Å². The van der Waals surface area contributed by atoms with Gasteiger partial charge in [-0.1, -0.05) is 6.07 Å². The molecule has 1 aliphatic rings. The molecule has 3 N–H and O–H groups in total. The second-order valence-corrected chi connectivity index (χ2v) is 7.43. The van der Waals surface area contributed by atoms with Crippen LogP contribution in [0, 0.1) is 0 Å². The lowest BCUT2D eigenvalue weighted by atomic mass is 10.1. The molecule has 1 fully saturated rings. The molecule has 0 aromatic carbocycles. The van der Waals surface area contributed by atoms with E-state index in [9.17, 15) is 18.0 Å². The molecule has 0 spiro atoms. The van der Waals surface area contributed by atoms with Crippen molar-refractivity contribution in [3.05, 3.63) is 60.2 Å². The van der Waals surface area contributed by atoms with E-state index in [1.54, 1.807) is 12.4 Å². The zero-order chi connectivity index (χ0) is 22.7. The number of alkyl halides is 3. The molecule has 0 unspecified atom stereocenters. The van der Waals surface area contributed by atoms with Gasteiger partial charge in [-0.05, 0) is 49.6 Å². The van der Waals surface area contributed by atoms with Crippen molar-refractivity contribution in [2.45, 2.75) is 25.4 Å². The highest BCUT2D eigenvalue weighted by Gasteiger charge is 2.32. The highest BCUT2D eigenvalue weighted by molar-refractivity contribution is 6.07. The standard InChI is InChI=1S/C22H21F3N6O/c23-22(24,25)19-6-4-5-15(28-19)16-8-7-14(26)20(29-16)21(32)30-17-13-27-10-9-18(17)31-11-2-1-3-12-31/h4-10,13H,1-3,11-12,26H2,(H,30,32). The maximum absolute atomic E-state index is 13.0. The Balaban J connectivity index is 1.62. The molecule has 10 heteroatoms. The Morgan fingerprint density at radius 1 is 1.00 bits per heavy atom. The summed E-state index contributed by atoms with van der Waals surface area (Å²) in [6, 6.07) is 8.19. The van der Waals surface area contributed by atoms with Gasteiger partial charge in [0.1, 0.15) is 5.69 Å². The number of piperidine rings is 1. The van der Waals surface area contributed by atoms with Crippen LogP contribution in [0.2, 0.25) is 0 Å². The average molecular weight is 442 g/mol. The summed E-state index contributed by atoms with van der Waals surface area (Å²) >= 11 is 0. The van der Waals surface area contributed by atoms with Gasteiger partial charge >= 0.3 is 6.18 Å². The number of nitrogen functional groups attached to an aromatic ring is 1. The van der Waals surface area contributed by atoms with Gasteiger partial charge in [0.05, 0.1) is 34.6 Å². The molecule has 3 aromatic heterocycles. The average Bonchev–Trinajstić information content (AvgIpc) is 2.80. The molecule has 0 saturated carbocycles. The highest BCUT2D eigenvalue weighted by atomic mass is 19.4. The van der Waals surface area contributed by atoms with E-state index >= 15 is 0 Å². The van der Waals surface area contributed by atoms with E-state index in [0.29, 0.717) is 5.69 Å². The number of pyridine rings is 3. The minimum absolute atomic E-state index is 0.00995. The maximum Gasteiger partial charge on any atom is 0.433 e. The minimum atomic E-state index is -4.59. The molecule has 0 bridgehead atoms. The van der Waals surface area contributed by atoms with E-state index in [0.717, 1.165) is 37.7 Å². The third-order valence-corrected chi connectivity index (χ3v) is 5.19. The van der Waals surface area contributed by atoms with Gasteiger partial charge in [-0.15, -0.1) is 0 Å². The predicted molar refractivity (Wildman–Crippen MR) is 115 cm³/mol. The summed E-state index contributed by atoms with van der Waals surface area (Å²) in [6.45, 7) is 1.76. The fourth-order valence-electron chi connectivity index (χ4n) is 3.61. The van der Waals surface area contributed by atoms with E-state index in [-0.39, 0.29) is 22.8 Å². The fourth-order valence-corrected chi connectivity index (χ4v) is 3.61. The number of carbonyl (C=O) groups excluding carboxylic acids is 1. The molecule has 7 nitrogen and oxygen atoms in total. The Morgan fingerprint density at radius 3 is 2.50 bits per heavy atom. The van der Waals surface area contributed by atoms with Crippen LogP contribution in [0.25, 0.3) is 11.4 Å². The van der Waals surface area contributed by atoms with Crippen LogP contribution in [-0.4, -0.2) is 33.9 Å². The second kappa shape index (κ2) is 8.81. The quantitative estimate of drug-likeness (QED) is 0.622. The van der Waals surface area contributed by atoms with Crippen molar-refractivity contribution in [3.63, 3.8) is 0 Å². The summed E-state index contributed by atoms with van der Waals surface area (Å²) in [6.07, 6.45) is 1.92. The van der Waals surface area contributed by atoms with E-state index in [1.165, 1.54) is 30.7 Å². The molecule has 0 atom stereocenters. The summed E-state index contributed by atoms with van der Waals surface area (Å²) in [5.41, 5.74) is 6.37. The molecule has 0 radical (unpaired) electrons. The largest absolute Gasteiger partial charge is 0.433 e. The van der Waals surface area contributed by atoms with E-state index < -0.39 is 17.8 Å². The minimum Gasteiger partial charge on any atom is -0.397 e. The van der Waals surface area contributed by atoms with Crippen LogP contribution in [0.3, 0.4) is 0 Å². The number of rotatable bonds is 4. The van der Waals surface area contributed by atoms with Gasteiger partial charge in [0.25, 0.3) is 5.91 Å². The Morgan fingerprint density at radius 2 is 1.75 bits per heavy atom. The van der Waals surface area contributed by atoms with Crippen molar-refractivity contribution >= 4 is 23.0 Å². The lowest BCUT2D eigenvalue weighted by Gasteiger charge is -2.30. The van der Waals surface area contributed by atoms with Gasteiger partial charge in [-0.2, -0.15) is 13.2 Å². The van der Waals surface area contributed by atoms with Gasteiger partial charge in [-0.3, -0.25) is 9.78 Å². The molecule has 0 aliphatic carbocycles. The van der Waals surface area contributed by atoms with Crippen LogP contribution < -0.4 is 16.0 Å². The maximum atomic E-state index is 13.0. The summed E-state index contributed by atoms with van der Waals surface area (Å²) in [5, 5.41) is 2.79. The number of carbonyl (C=O) groups is 1. The molecule has 1 amide bonds. The normalized spacial score (nSPS) is 14.3. The number of aromatic nitrogens is 3. The number of anilines is 3. The van der Waals surface area contributed by atoms with Crippen molar-refractivity contribution in [2.24, 2.45) is 0 Å². The Bertz CT molecular complexity index is 1130. The third-order valence-electron chi connectivity index (χ3n) is 5.19. The van der Waals surface area contributed by atoms with Gasteiger partial charge in [0.15, 0.2) is 5.69 Å². The third kappa shape index (κ3) is 4.63. The zero-order valence-electron chi connectivity index (χ0n) is 17.1. The number of nitrogens with one attached hydrogen (secondary N) is 1. The lowest BCUT2D eigenvalue weighted by molar-refractivity contribution is -0.141. The summed E-state index contributed by atoms with van der Waals surface area (Å²) in [4.78, 5) is 27.1. The first-order valence-electron chi connectivity index (χ1n) is 10.1. The highest BCUT2D eigenvalue weighted by Crippen LogP contribution is 2.30. The lowest BCUT2D eigenvalue weighted by Crippen LogP contribution is -2.30. The van der Waals surface area contributed by atoms with Crippen LogP contribution >= 0.6 is 0 Å². The summed E-state index contributed by atoms with van der Waals surface area (Å²) in [7, 11) is 0. The number of amides is 1. The van der Waals surface area contributed by atoms with Gasteiger partial charge in [-0.25, -0.2) is 9.97 Å². The van der Waals surface area contributed by atoms with Crippen LogP contribution in [0.15, 0.2) is 48.8 Å². The Labute approximate surface area is 182 Å². The number of hydrogen-bond donors (Lipinski definition) is 2. The molecule has 4 rings (SSSR count). The first kappa shape index (κ1) is 21.5. The summed E-state index contributed by atoms with van der Waals surface area (Å²) < 4.78 is 39.0. The van der Waals surface area contributed by atoms with Crippen LogP contribution in [0.4, 0.5) is 30.2 Å². The van der Waals surface area contributed by atoms with Crippen molar-refractivity contribution in [3.8, 4) is 11.4 Å². The molecule has 1 aliphatic heterocycles.